The molecule has 0 aromatic carbocycles. The van der Waals surface area contributed by atoms with E-state index in [2.05, 4.69) is 86.6 Å². The highest BCUT2D eigenvalue weighted by molar-refractivity contribution is 5.51. The topological polar surface area (TPSA) is 0 Å². The van der Waals surface area contributed by atoms with Crippen molar-refractivity contribution in [3.63, 3.8) is 0 Å². The lowest BCUT2D eigenvalue weighted by molar-refractivity contribution is 0.268. The second-order valence-corrected chi connectivity index (χ2v) is 12.2. The lowest BCUT2D eigenvalue weighted by Crippen LogP contribution is -2.33. The SMILES string of the molecule is CCCCCCCCC(C)C(C)(C1=C(C(C)(C)C)C=CC1)C1=C(C(C)(C)C)C=CC1. The maximum atomic E-state index is 2.59. The van der Waals surface area contributed by atoms with Gasteiger partial charge in [0.25, 0.3) is 0 Å². The van der Waals surface area contributed by atoms with Crippen LogP contribution < -0.4 is 0 Å². The zero-order valence-electron chi connectivity index (χ0n) is 21.8. The lowest BCUT2D eigenvalue weighted by atomic mass is 9.60. The summed E-state index contributed by atoms with van der Waals surface area (Å²) in [7, 11) is 0. The van der Waals surface area contributed by atoms with Gasteiger partial charge in [-0.05, 0) is 47.2 Å². The van der Waals surface area contributed by atoms with Gasteiger partial charge in [0.2, 0.25) is 0 Å². The van der Waals surface area contributed by atoms with Crippen molar-refractivity contribution in [2.75, 3.05) is 0 Å². The molecule has 30 heavy (non-hydrogen) atoms. The van der Waals surface area contributed by atoms with Gasteiger partial charge in [0.1, 0.15) is 0 Å². The first-order valence-electron chi connectivity index (χ1n) is 12.7. The van der Waals surface area contributed by atoms with Crippen LogP contribution in [0.3, 0.4) is 0 Å². The largest absolute Gasteiger partial charge is 0.0801 e. The summed E-state index contributed by atoms with van der Waals surface area (Å²) < 4.78 is 0. The summed E-state index contributed by atoms with van der Waals surface area (Å²) in [6.45, 7) is 21.8. The summed E-state index contributed by atoms with van der Waals surface area (Å²) in [5.74, 6) is 0.670. The molecule has 2 aliphatic rings. The third-order valence-electron chi connectivity index (χ3n) is 7.71. The normalized spacial score (nSPS) is 18.8. The highest BCUT2D eigenvalue weighted by Gasteiger charge is 2.44. The summed E-state index contributed by atoms with van der Waals surface area (Å²) in [4.78, 5) is 0. The minimum Gasteiger partial charge on any atom is -0.0801 e. The van der Waals surface area contributed by atoms with E-state index in [4.69, 9.17) is 0 Å². The maximum Gasteiger partial charge on any atom is 0.0136 e. The van der Waals surface area contributed by atoms with E-state index in [1.165, 1.54) is 44.9 Å². The Morgan fingerprint density at radius 2 is 1.13 bits per heavy atom. The Balaban J connectivity index is 2.40. The number of hydrogen-bond acceptors (Lipinski definition) is 0. The first-order chi connectivity index (χ1) is 13.9. The first kappa shape index (κ1) is 25.2. The van der Waals surface area contributed by atoms with Crippen LogP contribution in [0.4, 0.5) is 0 Å². The number of allylic oxidation sites excluding steroid dienone is 8. The Morgan fingerprint density at radius 1 is 0.700 bits per heavy atom. The van der Waals surface area contributed by atoms with Crippen LogP contribution in [0.1, 0.15) is 120 Å². The Kier molecular flexibility index (Phi) is 8.45. The highest BCUT2D eigenvalue weighted by Crippen LogP contribution is 2.56. The molecule has 0 amide bonds. The molecule has 0 bridgehead atoms. The summed E-state index contributed by atoms with van der Waals surface area (Å²) in [5, 5.41) is 0. The van der Waals surface area contributed by atoms with Gasteiger partial charge in [-0.1, -0.05) is 136 Å². The minimum atomic E-state index is 0.154. The zero-order chi connectivity index (χ0) is 22.6. The summed E-state index contributed by atoms with van der Waals surface area (Å²) in [6.07, 6.45) is 21.6. The van der Waals surface area contributed by atoms with Gasteiger partial charge in [-0.2, -0.15) is 0 Å². The fourth-order valence-corrected chi connectivity index (χ4v) is 5.70. The fourth-order valence-electron chi connectivity index (χ4n) is 5.70. The molecule has 0 aliphatic heterocycles. The third-order valence-corrected chi connectivity index (χ3v) is 7.71. The predicted molar refractivity (Wildman–Crippen MR) is 136 cm³/mol. The van der Waals surface area contributed by atoms with Crippen molar-refractivity contribution >= 4 is 0 Å². The van der Waals surface area contributed by atoms with Crippen LogP contribution >= 0.6 is 0 Å². The van der Waals surface area contributed by atoms with Crippen LogP contribution in [-0.4, -0.2) is 0 Å². The van der Waals surface area contributed by atoms with E-state index in [1.54, 1.807) is 22.3 Å². The zero-order valence-corrected chi connectivity index (χ0v) is 21.8. The van der Waals surface area contributed by atoms with Crippen molar-refractivity contribution in [3.05, 3.63) is 46.6 Å². The van der Waals surface area contributed by atoms with E-state index in [-0.39, 0.29) is 16.2 Å². The molecule has 0 heterocycles. The number of rotatable bonds is 10. The van der Waals surface area contributed by atoms with Gasteiger partial charge in [-0.3, -0.25) is 0 Å². The monoisotopic (exact) mass is 410 g/mol. The molecule has 0 N–H and O–H groups in total. The molecule has 1 unspecified atom stereocenters. The first-order valence-corrected chi connectivity index (χ1v) is 12.7. The highest BCUT2D eigenvalue weighted by atomic mass is 14.5. The fraction of sp³-hybridized carbons (Fsp3) is 0.733. The molecule has 0 saturated carbocycles. The van der Waals surface area contributed by atoms with Crippen LogP contribution in [-0.2, 0) is 0 Å². The Bertz CT molecular complexity index is 645. The minimum absolute atomic E-state index is 0.154. The van der Waals surface area contributed by atoms with Gasteiger partial charge in [-0.25, -0.2) is 0 Å². The smallest absolute Gasteiger partial charge is 0.0136 e. The van der Waals surface area contributed by atoms with E-state index in [9.17, 15) is 0 Å². The standard InChI is InChI=1S/C30H50/c1-10-11-12-13-14-15-18-23(2)30(9,26-21-16-19-24(26)28(3,4)5)27-22-17-20-25(27)29(6,7)8/h16-17,19-20,23H,10-15,18,21-22H2,1-9H3. The van der Waals surface area contributed by atoms with Crippen LogP contribution in [0.5, 0.6) is 0 Å². The summed E-state index contributed by atoms with van der Waals surface area (Å²) >= 11 is 0. The van der Waals surface area contributed by atoms with Gasteiger partial charge >= 0.3 is 0 Å². The van der Waals surface area contributed by atoms with E-state index in [1.807, 2.05) is 0 Å². The second kappa shape index (κ2) is 10.1. The van der Waals surface area contributed by atoms with E-state index in [0.717, 1.165) is 12.8 Å². The predicted octanol–water partition coefficient (Wildman–Crippen LogP) is 9.98. The number of hydrogen-bond donors (Lipinski definition) is 0. The van der Waals surface area contributed by atoms with Crippen molar-refractivity contribution in [1.29, 1.82) is 0 Å². The van der Waals surface area contributed by atoms with Crippen LogP contribution in [0.15, 0.2) is 46.6 Å². The molecule has 1 atom stereocenters. The maximum absolute atomic E-state index is 2.59. The quantitative estimate of drug-likeness (QED) is 0.314. The Morgan fingerprint density at radius 3 is 1.57 bits per heavy atom. The van der Waals surface area contributed by atoms with Crippen molar-refractivity contribution < 1.29 is 0 Å². The lowest BCUT2D eigenvalue weighted by Gasteiger charge is -2.44. The third kappa shape index (κ3) is 5.60. The molecule has 2 rings (SSSR count). The van der Waals surface area contributed by atoms with Crippen molar-refractivity contribution in [2.45, 2.75) is 120 Å². The summed E-state index contributed by atoms with van der Waals surface area (Å²) in [6, 6.07) is 0. The van der Waals surface area contributed by atoms with E-state index in [0.29, 0.717) is 5.92 Å². The van der Waals surface area contributed by atoms with Gasteiger partial charge in [0, 0.05) is 5.41 Å². The molecule has 0 fully saturated rings. The molecule has 170 valence electrons. The van der Waals surface area contributed by atoms with Gasteiger partial charge in [-0.15, -0.1) is 0 Å². The molecule has 0 radical (unpaired) electrons. The average Bonchev–Trinajstić information content (AvgIpc) is 3.32. The molecular weight excluding hydrogens is 360 g/mol. The average molecular weight is 411 g/mol. The van der Waals surface area contributed by atoms with Gasteiger partial charge in [0.05, 0.1) is 0 Å². The van der Waals surface area contributed by atoms with Crippen LogP contribution in [0, 0.1) is 22.2 Å². The van der Waals surface area contributed by atoms with Crippen LogP contribution in [0.25, 0.3) is 0 Å². The molecule has 2 aliphatic carbocycles. The Hall–Kier alpha value is -1.04. The van der Waals surface area contributed by atoms with Crippen molar-refractivity contribution in [2.24, 2.45) is 22.2 Å². The molecule has 0 saturated heterocycles. The molecule has 0 aromatic rings. The summed E-state index contributed by atoms with van der Waals surface area (Å²) in [5.41, 5.74) is 7.15. The molecule has 0 heteroatoms. The van der Waals surface area contributed by atoms with Crippen molar-refractivity contribution in [3.8, 4) is 0 Å². The van der Waals surface area contributed by atoms with Crippen LogP contribution in [0.2, 0.25) is 0 Å². The molecule has 0 spiro atoms. The van der Waals surface area contributed by atoms with Gasteiger partial charge in [0.15, 0.2) is 0 Å². The molecular formula is C30H50. The Labute approximate surface area is 189 Å². The van der Waals surface area contributed by atoms with E-state index >= 15 is 0 Å². The number of unbranched alkanes of at least 4 members (excludes halogenated alkanes) is 5. The second-order valence-electron chi connectivity index (χ2n) is 12.2. The molecule has 0 nitrogen and oxygen atoms in total. The van der Waals surface area contributed by atoms with Crippen molar-refractivity contribution in [1.82, 2.24) is 0 Å². The van der Waals surface area contributed by atoms with E-state index < -0.39 is 0 Å². The van der Waals surface area contributed by atoms with Gasteiger partial charge < -0.3 is 0 Å². The molecule has 0 aromatic heterocycles.